The van der Waals surface area contributed by atoms with E-state index in [2.05, 4.69) is 19.2 Å². The molecule has 1 spiro atoms. The molecule has 0 unspecified atom stereocenters. The summed E-state index contributed by atoms with van der Waals surface area (Å²) in [5.74, 6) is -0.0254. The quantitative estimate of drug-likeness (QED) is 0.774. The predicted octanol–water partition coefficient (Wildman–Crippen LogP) is 1.29. The molecule has 0 aromatic rings. The van der Waals surface area contributed by atoms with Crippen LogP contribution in [0.1, 0.15) is 46.0 Å². The van der Waals surface area contributed by atoms with Crippen LogP contribution in [-0.4, -0.2) is 55.3 Å². The molecule has 0 bridgehead atoms. The highest BCUT2D eigenvalue weighted by Crippen LogP contribution is 2.48. The third kappa shape index (κ3) is 3.38. The van der Waals surface area contributed by atoms with E-state index >= 15 is 0 Å². The molecule has 2 saturated heterocycles. The van der Waals surface area contributed by atoms with Crippen LogP contribution in [0.25, 0.3) is 0 Å². The molecule has 0 aromatic heterocycles. The number of hydrogen-bond acceptors (Lipinski definition) is 4. The number of hydrogen-bond donors (Lipinski definition) is 1. The van der Waals surface area contributed by atoms with Gasteiger partial charge in [0.1, 0.15) is 5.41 Å². The van der Waals surface area contributed by atoms with E-state index in [9.17, 15) is 9.59 Å². The molecule has 3 fully saturated rings. The molecular formula is C17H28N2O4. The Hall–Kier alpha value is -1.14. The fourth-order valence-corrected chi connectivity index (χ4v) is 3.45. The van der Waals surface area contributed by atoms with Crippen molar-refractivity contribution in [3.8, 4) is 0 Å². The first kappa shape index (κ1) is 16.7. The van der Waals surface area contributed by atoms with Gasteiger partial charge in [0.15, 0.2) is 5.79 Å². The largest absolute Gasteiger partial charge is 0.355 e. The van der Waals surface area contributed by atoms with Gasteiger partial charge in [-0.3, -0.25) is 9.59 Å². The fraction of sp³-hybridized carbons (Fsp3) is 0.882. The molecule has 23 heavy (non-hydrogen) atoms. The number of rotatable bonds is 5. The molecule has 130 valence electrons. The topological polar surface area (TPSA) is 67.9 Å². The summed E-state index contributed by atoms with van der Waals surface area (Å²) < 4.78 is 11.4. The Labute approximate surface area is 137 Å². The smallest absolute Gasteiger partial charge is 0.238 e. The van der Waals surface area contributed by atoms with Gasteiger partial charge in [0.2, 0.25) is 11.8 Å². The van der Waals surface area contributed by atoms with Crippen molar-refractivity contribution in [3.05, 3.63) is 0 Å². The summed E-state index contributed by atoms with van der Waals surface area (Å²) in [6.45, 7) is 7.39. The lowest BCUT2D eigenvalue weighted by atomic mass is 9.98. The molecule has 3 rings (SSSR count). The van der Waals surface area contributed by atoms with Gasteiger partial charge in [0.25, 0.3) is 0 Å². The minimum Gasteiger partial charge on any atom is -0.355 e. The zero-order valence-electron chi connectivity index (χ0n) is 14.2. The van der Waals surface area contributed by atoms with Crippen LogP contribution in [0.2, 0.25) is 0 Å². The SMILES string of the molecule is CC(C)CCNC(=O)C1(C(=O)N2CCC3(CC2)OCCO3)CC1. The van der Waals surface area contributed by atoms with Crippen molar-refractivity contribution in [1.29, 1.82) is 0 Å². The second kappa shape index (κ2) is 6.40. The Morgan fingerprint density at radius 3 is 2.22 bits per heavy atom. The maximum absolute atomic E-state index is 12.8. The minimum atomic E-state index is -0.793. The van der Waals surface area contributed by atoms with Gasteiger partial charge in [-0.25, -0.2) is 0 Å². The van der Waals surface area contributed by atoms with Gasteiger partial charge < -0.3 is 19.7 Å². The Bertz CT molecular complexity index is 457. The standard InChI is InChI=1S/C17H28N2O4/c1-13(2)3-8-18-14(20)16(4-5-16)15(21)19-9-6-17(7-10-19)22-11-12-23-17/h13H,3-12H2,1-2H3,(H,18,20). The van der Waals surface area contributed by atoms with Gasteiger partial charge in [0.05, 0.1) is 13.2 Å². The van der Waals surface area contributed by atoms with E-state index < -0.39 is 11.2 Å². The van der Waals surface area contributed by atoms with Crippen molar-refractivity contribution >= 4 is 11.8 Å². The summed E-state index contributed by atoms with van der Waals surface area (Å²) >= 11 is 0. The van der Waals surface area contributed by atoms with Crippen LogP contribution in [0, 0.1) is 11.3 Å². The number of ether oxygens (including phenoxy) is 2. The Morgan fingerprint density at radius 1 is 1.09 bits per heavy atom. The van der Waals surface area contributed by atoms with Crippen LogP contribution in [0.3, 0.4) is 0 Å². The number of nitrogens with one attached hydrogen (secondary N) is 1. The number of likely N-dealkylation sites (tertiary alicyclic amines) is 1. The molecular weight excluding hydrogens is 296 g/mol. The molecule has 6 nitrogen and oxygen atoms in total. The van der Waals surface area contributed by atoms with Crippen molar-refractivity contribution in [2.45, 2.75) is 51.7 Å². The maximum Gasteiger partial charge on any atom is 0.238 e. The number of amides is 2. The van der Waals surface area contributed by atoms with Crippen molar-refractivity contribution in [2.75, 3.05) is 32.8 Å². The van der Waals surface area contributed by atoms with Crippen molar-refractivity contribution in [2.24, 2.45) is 11.3 Å². The summed E-state index contributed by atoms with van der Waals surface area (Å²) in [5, 5.41) is 2.95. The third-order valence-electron chi connectivity index (χ3n) is 5.23. The van der Waals surface area contributed by atoms with Crippen molar-refractivity contribution in [1.82, 2.24) is 10.2 Å². The van der Waals surface area contributed by atoms with Crippen LogP contribution in [0.4, 0.5) is 0 Å². The maximum atomic E-state index is 12.8. The lowest BCUT2D eigenvalue weighted by Gasteiger charge is -2.38. The van der Waals surface area contributed by atoms with Crippen LogP contribution in [0.5, 0.6) is 0 Å². The normalized spacial score (nSPS) is 24.9. The molecule has 1 saturated carbocycles. The first-order chi connectivity index (χ1) is 11.0. The van der Waals surface area contributed by atoms with E-state index in [1.165, 1.54) is 0 Å². The van der Waals surface area contributed by atoms with E-state index in [1.54, 1.807) is 0 Å². The Kier molecular flexibility index (Phi) is 4.65. The molecule has 2 amide bonds. The lowest BCUT2D eigenvalue weighted by molar-refractivity contribution is -0.188. The van der Waals surface area contributed by atoms with Gasteiger partial charge >= 0.3 is 0 Å². The highest BCUT2D eigenvalue weighted by molar-refractivity contribution is 6.07. The van der Waals surface area contributed by atoms with Crippen molar-refractivity contribution in [3.63, 3.8) is 0 Å². The van der Waals surface area contributed by atoms with E-state index in [0.717, 1.165) is 6.42 Å². The van der Waals surface area contributed by atoms with Crippen LogP contribution in [0.15, 0.2) is 0 Å². The average molecular weight is 324 g/mol. The fourth-order valence-electron chi connectivity index (χ4n) is 3.45. The Morgan fingerprint density at radius 2 is 1.70 bits per heavy atom. The van der Waals surface area contributed by atoms with Crippen molar-refractivity contribution < 1.29 is 19.1 Å². The predicted molar refractivity (Wildman–Crippen MR) is 84.6 cm³/mol. The van der Waals surface area contributed by atoms with E-state index in [0.29, 0.717) is 64.4 Å². The molecule has 1 N–H and O–H groups in total. The highest BCUT2D eigenvalue weighted by Gasteiger charge is 2.58. The first-order valence-electron chi connectivity index (χ1n) is 8.83. The highest BCUT2D eigenvalue weighted by atomic mass is 16.7. The molecule has 6 heteroatoms. The second-order valence-electron chi connectivity index (χ2n) is 7.42. The van der Waals surface area contributed by atoms with Gasteiger partial charge in [-0.2, -0.15) is 0 Å². The number of nitrogens with zero attached hydrogens (tertiary/aromatic N) is 1. The van der Waals surface area contributed by atoms with Crippen LogP contribution >= 0.6 is 0 Å². The zero-order chi connectivity index (χ0) is 16.5. The summed E-state index contributed by atoms with van der Waals surface area (Å²) in [4.78, 5) is 27.1. The van der Waals surface area contributed by atoms with Crippen LogP contribution < -0.4 is 5.32 Å². The molecule has 2 heterocycles. The second-order valence-corrected chi connectivity index (χ2v) is 7.42. The summed E-state index contributed by atoms with van der Waals surface area (Å²) in [6, 6.07) is 0. The monoisotopic (exact) mass is 324 g/mol. The summed E-state index contributed by atoms with van der Waals surface area (Å²) in [6.07, 6.45) is 3.69. The lowest BCUT2D eigenvalue weighted by Crippen LogP contribution is -2.52. The number of piperidine rings is 1. The van der Waals surface area contributed by atoms with E-state index in [-0.39, 0.29) is 11.8 Å². The first-order valence-corrected chi connectivity index (χ1v) is 8.83. The zero-order valence-corrected chi connectivity index (χ0v) is 14.2. The Balaban J connectivity index is 1.52. The number of carbonyl (C=O) groups excluding carboxylic acids is 2. The summed E-state index contributed by atoms with van der Waals surface area (Å²) in [7, 11) is 0. The molecule has 1 aliphatic carbocycles. The number of carbonyl (C=O) groups is 2. The third-order valence-corrected chi connectivity index (χ3v) is 5.23. The van der Waals surface area contributed by atoms with E-state index in [4.69, 9.17) is 9.47 Å². The average Bonchev–Trinajstić information content (AvgIpc) is 3.23. The minimum absolute atomic E-state index is 0.00704. The molecule has 2 aliphatic heterocycles. The molecule has 3 aliphatic rings. The van der Waals surface area contributed by atoms with Gasteiger partial charge in [-0.15, -0.1) is 0 Å². The summed E-state index contributed by atoms with van der Waals surface area (Å²) in [5.41, 5.74) is -0.793. The molecule has 0 radical (unpaired) electrons. The van der Waals surface area contributed by atoms with Gasteiger partial charge in [-0.05, 0) is 25.2 Å². The van der Waals surface area contributed by atoms with Gasteiger partial charge in [-0.1, -0.05) is 13.8 Å². The van der Waals surface area contributed by atoms with E-state index in [1.807, 2.05) is 4.90 Å². The molecule has 0 aromatic carbocycles. The van der Waals surface area contributed by atoms with Gasteiger partial charge in [0, 0.05) is 32.5 Å². The van der Waals surface area contributed by atoms with Crippen LogP contribution in [-0.2, 0) is 19.1 Å². The molecule has 0 atom stereocenters.